The van der Waals surface area contributed by atoms with Gasteiger partial charge in [0.1, 0.15) is 0 Å². The van der Waals surface area contributed by atoms with Gasteiger partial charge >= 0.3 is 12.1 Å². The van der Waals surface area contributed by atoms with Crippen molar-refractivity contribution in [3.05, 3.63) is 59.7 Å². The number of pyridine rings is 2. The lowest BCUT2D eigenvalue weighted by Gasteiger charge is -2.18. The summed E-state index contributed by atoms with van der Waals surface area (Å²) in [5.74, 6) is -2.80. The topological polar surface area (TPSA) is 86.1 Å². The maximum atomic E-state index is 12.9. The van der Waals surface area contributed by atoms with Crippen molar-refractivity contribution in [1.82, 2.24) is 20.0 Å². The van der Waals surface area contributed by atoms with Gasteiger partial charge in [-0.3, -0.25) is 14.8 Å². The summed E-state index contributed by atoms with van der Waals surface area (Å²) >= 11 is 0. The van der Waals surface area contributed by atoms with Crippen LogP contribution in [-0.4, -0.2) is 39.3 Å². The molecular formula is C21H17F3N4O3. The van der Waals surface area contributed by atoms with Crippen LogP contribution in [0.5, 0.6) is 0 Å². The van der Waals surface area contributed by atoms with Crippen LogP contribution in [0.1, 0.15) is 28.5 Å². The average molecular weight is 430 g/mol. The van der Waals surface area contributed by atoms with Crippen LogP contribution in [0.3, 0.4) is 0 Å². The Morgan fingerprint density at radius 2 is 2.06 bits per heavy atom. The summed E-state index contributed by atoms with van der Waals surface area (Å²) in [6.07, 6.45) is 0.285. The molecule has 3 aromatic heterocycles. The molecule has 0 spiro atoms. The Morgan fingerprint density at radius 1 is 1.26 bits per heavy atom. The van der Waals surface area contributed by atoms with E-state index in [1.807, 2.05) is 13.0 Å². The molecule has 10 heteroatoms. The van der Waals surface area contributed by atoms with E-state index < -0.39 is 18.1 Å². The zero-order valence-corrected chi connectivity index (χ0v) is 16.4. The molecule has 0 saturated heterocycles. The summed E-state index contributed by atoms with van der Waals surface area (Å²) < 4.78 is 39.6. The highest BCUT2D eigenvalue weighted by Gasteiger charge is 2.43. The second-order valence-corrected chi connectivity index (χ2v) is 6.85. The second-order valence-electron chi connectivity index (χ2n) is 6.85. The Labute approximate surface area is 174 Å². The van der Waals surface area contributed by atoms with E-state index in [4.69, 9.17) is 4.84 Å². The third kappa shape index (κ3) is 3.76. The van der Waals surface area contributed by atoms with Crippen molar-refractivity contribution < 1.29 is 27.6 Å². The van der Waals surface area contributed by atoms with Gasteiger partial charge in [-0.15, -0.1) is 0 Å². The molecule has 0 bridgehead atoms. The highest BCUT2D eigenvalue weighted by atomic mass is 19.4. The molecule has 1 aliphatic heterocycles. The fraction of sp³-hybridized carbons (Fsp3) is 0.238. The van der Waals surface area contributed by atoms with Crippen molar-refractivity contribution in [2.24, 2.45) is 0 Å². The quantitative estimate of drug-likeness (QED) is 0.688. The highest BCUT2D eigenvalue weighted by Crippen LogP contribution is 2.34. The Bertz CT molecular complexity index is 1160. The van der Waals surface area contributed by atoms with E-state index in [2.05, 4.69) is 15.3 Å². The first-order valence-corrected chi connectivity index (χ1v) is 9.52. The molecule has 160 valence electrons. The normalized spacial score (nSPS) is 13.5. The lowest BCUT2D eigenvalue weighted by atomic mass is 9.98. The van der Waals surface area contributed by atoms with Gasteiger partial charge in [-0.2, -0.15) is 17.9 Å². The number of nitrogens with zero attached hydrogens (tertiary/aromatic N) is 3. The van der Waals surface area contributed by atoms with Crippen LogP contribution in [0.2, 0.25) is 0 Å². The van der Waals surface area contributed by atoms with E-state index in [1.165, 1.54) is 12.3 Å². The first-order chi connectivity index (χ1) is 14.8. The monoisotopic (exact) mass is 430 g/mol. The molecule has 1 amide bonds. The van der Waals surface area contributed by atoms with Crippen molar-refractivity contribution in [2.75, 3.05) is 6.54 Å². The molecule has 1 N–H and O–H groups in total. The van der Waals surface area contributed by atoms with Gasteiger partial charge in [-0.05, 0) is 36.2 Å². The maximum Gasteiger partial charge on any atom is 0.493 e. The Kier molecular flexibility index (Phi) is 5.22. The van der Waals surface area contributed by atoms with E-state index in [1.54, 1.807) is 24.5 Å². The van der Waals surface area contributed by atoms with Crippen molar-refractivity contribution in [3.63, 3.8) is 0 Å². The van der Waals surface area contributed by atoms with Gasteiger partial charge < -0.3 is 10.2 Å². The lowest BCUT2D eigenvalue weighted by molar-refractivity contribution is -0.199. The third-order valence-corrected chi connectivity index (χ3v) is 4.97. The molecule has 1 aliphatic rings. The molecule has 4 heterocycles. The minimum absolute atomic E-state index is 0.165. The molecule has 7 nitrogen and oxygen atoms in total. The second kappa shape index (κ2) is 7.86. The summed E-state index contributed by atoms with van der Waals surface area (Å²) in [5.41, 5.74) is 3.10. The zero-order chi connectivity index (χ0) is 22.2. The van der Waals surface area contributed by atoms with Crippen LogP contribution >= 0.6 is 0 Å². The van der Waals surface area contributed by atoms with Gasteiger partial charge in [-0.25, -0.2) is 4.79 Å². The van der Waals surface area contributed by atoms with Gasteiger partial charge in [-0.1, -0.05) is 6.92 Å². The van der Waals surface area contributed by atoms with E-state index in [9.17, 15) is 22.8 Å². The maximum absolute atomic E-state index is 12.9. The summed E-state index contributed by atoms with van der Waals surface area (Å²) in [7, 11) is 0. The molecule has 0 saturated carbocycles. The van der Waals surface area contributed by atoms with Gasteiger partial charge in [0.25, 0.3) is 5.91 Å². The minimum atomic E-state index is -5.18. The van der Waals surface area contributed by atoms with Crippen molar-refractivity contribution in [3.8, 4) is 22.5 Å². The van der Waals surface area contributed by atoms with Crippen LogP contribution in [-0.2, 0) is 17.6 Å². The number of alkyl halides is 3. The van der Waals surface area contributed by atoms with E-state index >= 15 is 0 Å². The Balaban J connectivity index is 1.92. The van der Waals surface area contributed by atoms with Gasteiger partial charge in [0.05, 0.1) is 22.6 Å². The number of rotatable bonds is 4. The van der Waals surface area contributed by atoms with Crippen LogP contribution in [0.15, 0.2) is 42.9 Å². The number of carbonyl (C=O) groups excluding carboxylic acids is 2. The number of nitrogens with one attached hydrogen (secondary N) is 1. The van der Waals surface area contributed by atoms with Crippen LogP contribution < -0.4 is 10.2 Å². The number of carbonyl (C=O) groups is 2. The average Bonchev–Trinajstić information content (AvgIpc) is 3.12. The molecule has 0 radical (unpaired) electrons. The third-order valence-electron chi connectivity index (χ3n) is 4.97. The summed E-state index contributed by atoms with van der Waals surface area (Å²) in [4.78, 5) is 37.2. The highest BCUT2D eigenvalue weighted by molar-refractivity contribution is 5.98. The van der Waals surface area contributed by atoms with E-state index in [-0.39, 0.29) is 29.9 Å². The molecule has 0 fully saturated rings. The first kappa shape index (κ1) is 20.6. The summed E-state index contributed by atoms with van der Waals surface area (Å²) in [6, 6.07) is 6.63. The van der Waals surface area contributed by atoms with E-state index in [0.29, 0.717) is 17.7 Å². The zero-order valence-electron chi connectivity index (χ0n) is 16.4. The lowest BCUT2D eigenvalue weighted by Crippen LogP contribution is -2.37. The minimum Gasteiger partial charge on any atom is -0.352 e. The smallest absolute Gasteiger partial charge is 0.352 e. The molecular weight excluding hydrogens is 413 g/mol. The number of hydrogen-bond acceptors (Lipinski definition) is 5. The molecule has 3 aromatic rings. The predicted octanol–water partition coefficient (Wildman–Crippen LogP) is 2.98. The molecule has 31 heavy (non-hydrogen) atoms. The van der Waals surface area contributed by atoms with Crippen LogP contribution in [0.4, 0.5) is 13.2 Å². The van der Waals surface area contributed by atoms with Crippen molar-refractivity contribution in [2.45, 2.75) is 25.9 Å². The molecule has 0 aromatic carbocycles. The fourth-order valence-corrected chi connectivity index (χ4v) is 3.62. The van der Waals surface area contributed by atoms with Gasteiger partial charge in [0.15, 0.2) is 0 Å². The van der Waals surface area contributed by atoms with Crippen molar-refractivity contribution in [1.29, 1.82) is 0 Å². The van der Waals surface area contributed by atoms with Crippen LogP contribution in [0, 0.1) is 0 Å². The fourth-order valence-electron chi connectivity index (χ4n) is 3.62. The predicted molar refractivity (Wildman–Crippen MR) is 104 cm³/mol. The molecule has 4 rings (SSSR count). The number of amides is 1. The van der Waals surface area contributed by atoms with Crippen LogP contribution in [0.25, 0.3) is 22.5 Å². The summed E-state index contributed by atoms with van der Waals surface area (Å²) in [5, 5.41) is 2.64. The molecule has 0 unspecified atom stereocenters. The SMILES string of the molecule is CCc1c(-c2cc3c(n2OC(=O)C(F)(F)F)CCNC3=O)ccnc1-c1cccnc1. The van der Waals surface area contributed by atoms with Gasteiger partial charge in [0, 0.05) is 42.7 Å². The number of hydrogen-bond donors (Lipinski definition) is 1. The summed E-state index contributed by atoms with van der Waals surface area (Å²) in [6.45, 7) is 2.10. The standard InChI is InChI=1S/C21H17F3N4O3/c1-2-13-14(5-8-26-18(13)12-4-3-7-25-11-12)17-10-15-16(6-9-27-19(15)29)28(17)31-20(30)21(22,23)24/h3-5,7-8,10-11H,2,6,9H2,1H3,(H,27,29). The van der Waals surface area contributed by atoms with Gasteiger partial charge in [0.2, 0.25) is 0 Å². The van der Waals surface area contributed by atoms with E-state index in [0.717, 1.165) is 15.9 Å². The largest absolute Gasteiger partial charge is 0.493 e. The number of halogens is 3. The van der Waals surface area contributed by atoms with Crippen molar-refractivity contribution >= 4 is 11.9 Å². The molecule has 0 atom stereocenters. The Morgan fingerprint density at radius 3 is 2.74 bits per heavy atom. The molecule has 0 aliphatic carbocycles. The number of fused-ring (bicyclic) bond motifs is 1. The Hall–Kier alpha value is -3.69. The first-order valence-electron chi connectivity index (χ1n) is 9.52. The number of aromatic nitrogens is 3.